The second-order valence-electron chi connectivity index (χ2n) is 5.45. The summed E-state index contributed by atoms with van der Waals surface area (Å²) in [7, 11) is 0. The molecule has 0 radical (unpaired) electrons. The molecule has 6 N–H and O–H groups in total. The Kier molecular flexibility index (Phi) is 4.63. The average Bonchev–Trinajstić information content (AvgIpc) is 2.49. The van der Waals surface area contributed by atoms with Crippen LogP contribution in [0.25, 0.3) is 0 Å². The van der Waals surface area contributed by atoms with Crippen molar-refractivity contribution in [3.63, 3.8) is 0 Å². The van der Waals surface area contributed by atoms with Crippen molar-refractivity contribution in [2.24, 2.45) is 17.3 Å². The number of alkyl halides is 2. The zero-order valence-corrected chi connectivity index (χ0v) is 13.3. The zero-order chi connectivity index (χ0) is 15.8. The number of hydrazine groups is 1. The van der Waals surface area contributed by atoms with Crippen molar-refractivity contribution >= 4 is 29.0 Å². The Morgan fingerprint density at radius 3 is 2.52 bits per heavy atom. The lowest BCUT2D eigenvalue weighted by molar-refractivity contribution is -0.138. The van der Waals surface area contributed by atoms with Crippen LogP contribution < -0.4 is 17.3 Å². The molecule has 1 aliphatic rings. The number of hydrogen-bond donors (Lipinski definition) is 3. The summed E-state index contributed by atoms with van der Waals surface area (Å²) in [5.41, 5.74) is 11.1. The molecule has 3 unspecified atom stereocenters. The van der Waals surface area contributed by atoms with Gasteiger partial charge in [-0.1, -0.05) is 30.3 Å². The minimum absolute atomic E-state index is 0.366. The van der Waals surface area contributed by atoms with Gasteiger partial charge < -0.3 is 11.5 Å². The van der Waals surface area contributed by atoms with Gasteiger partial charge in [-0.05, 0) is 18.9 Å². The normalized spacial score (nSPS) is 35.4. The lowest BCUT2D eigenvalue weighted by atomic mass is 9.74. The summed E-state index contributed by atoms with van der Waals surface area (Å²) in [6.07, 6.45) is 0.516. The van der Waals surface area contributed by atoms with Gasteiger partial charge in [0, 0.05) is 6.54 Å². The van der Waals surface area contributed by atoms with Gasteiger partial charge in [0.15, 0.2) is 11.4 Å². The van der Waals surface area contributed by atoms with E-state index in [1.54, 1.807) is 19.1 Å². The molecule has 1 aliphatic heterocycles. The number of halogens is 2. The van der Waals surface area contributed by atoms with Crippen LogP contribution in [-0.2, 0) is 9.67 Å². The van der Waals surface area contributed by atoms with Gasteiger partial charge >= 0.3 is 0 Å². The van der Waals surface area contributed by atoms with Crippen molar-refractivity contribution in [2.75, 3.05) is 6.54 Å². The largest absolute Gasteiger partial charge is 0.322 e. The Labute approximate surface area is 134 Å². The van der Waals surface area contributed by atoms with Crippen molar-refractivity contribution in [3.8, 4) is 0 Å². The van der Waals surface area contributed by atoms with E-state index in [9.17, 15) is 4.79 Å². The fraction of sp³-hybridized carbons (Fsp3) is 0.500. The number of rotatable bonds is 3. The van der Waals surface area contributed by atoms with Crippen LogP contribution >= 0.6 is 23.2 Å². The number of benzene rings is 1. The molecule has 0 aromatic heterocycles. The molecule has 0 amide bonds. The molecule has 1 saturated heterocycles. The zero-order valence-electron chi connectivity index (χ0n) is 11.8. The molecule has 7 heteroatoms. The number of Topliss-reactive ketones (excluding diaryl/α,β-unsaturated/α-hetero) is 1. The minimum Gasteiger partial charge on any atom is -0.322 e. The fourth-order valence-corrected chi connectivity index (χ4v) is 3.65. The molecule has 4 atom stereocenters. The van der Waals surface area contributed by atoms with Crippen LogP contribution in [0, 0.1) is 0 Å². The van der Waals surface area contributed by atoms with Crippen molar-refractivity contribution in [3.05, 3.63) is 35.9 Å². The molecule has 5 nitrogen and oxygen atoms in total. The highest BCUT2D eigenvalue weighted by molar-refractivity contribution is 6.35. The van der Waals surface area contributed by atoms with Gasteiger partial charge in [0.25, 0.3) is 0 Å². The van der Waals surface area contributed by atoms with Gasteiger partial charge in [-0.3, -0.25) is 10.6 Å². The van der Waals surface area contributed by atoms with E-state index in [1.165, 1.54) is 5.01 Å². The maximum atomic E-state index is 12.6. The van der Waals surface area contributed by atoms with E-state index in [-0.39, 0.29) is 0 Å². The molecule has 0 aliphatic carbocycles. The van der Waals surface area contributed by atoms with Crippen molar-refractivity contribution in [1.29, 1.82) is 0 Å². The summed E-state index contributed by atoms with van der Waals surface area (Å²) in [6, 6.07) is 8.26. The minimum atomic E-state index is -1.67. The molecule has 1 heterocycles. The molecule has 1 aromatic rings. The van der Waals surface area contributed by atoms with Gasteiger partial charge in [0.2, 0.25) is 0 Å². The van der Waals surface area contributed by atoms with Gasteiger partial charge in [-0.2, -0.15) is 0 Å². The van der Waals surface area contributed by atoms with Crippen LogP contribution in [0.2, 0.25) is 0 Å². The third kappa shape index (κ3) is 2.38. The summed E-state index contributed by atoms with van der Waals surface area (Å²) < 4.78 is 0. The van der Waals surface area contributed by atoms with E-state index in [0.29, 0.717) is 18.5 Å². The predicted octanol–water partition coefficient (Wildman–Crippen LogP) is 0.879. The quantitative estimate of drug-likeness (QED) is 0.564. The summed E-state index contributed by atoms with van der Waals surface area (Å²) >= 11 is 13.3. The van der Waals surface area contributed by atoms with Crippen LogP contribution in [0.1, 0.15) is 18.9 Å². The highest BCUT2D eigenvalue weighted by Crippen LogP contribution is 2.49. The topological polar surface area (TPSA) is 98.4 Å². The summed E-state index contributed by atoms with van der Waals surface area (Å²) in [5.74, 6) is 5.58. The highest BCUT2D eigenvalue weighted by atomic mass is 35.5. The van der Waals surface area contributed by atoms with Gasteiger partial charge in [0.05, 0.1) is 11.4 Å². The Morgan fingerprint density at radius 1 is 1.43 bits per heavy atom. The summed E-state index contributed by atoms with van der Waals surface area (Å²) in [5, 5.41) is 0.714. The average molecular weight is 331 g/mol. The van der Waals surface area contributed by atoms with E-state index in [2.05, 4.69) is 0 Å². The number of carbonyl (C=O) groups excluding carboxylic acids is 1. The van der Waals surface area contributed by atoms with Crippen LogP contribution in [0.4, 0.5) is 0 Å². The SMILES string of the molecule is C[C@H](N)C(=O)C1(N)N(N)CCC(Cl)C1(Cl)c1ccccc1. The molecular weight excluding hydrogens is 311 g/mol. The van der Waals surface area contributed by atoms with Crippen molar-refractivity contribution < 1.29 is 4.79 Å². The summed E-state index contributed by atoms with van der Waals surface area (Å²) in [4.78, 5) is 11.3. The van der Waals surface area contributed by atoms with Crippen LogP contribution in [0.15, 0.2) is 30.3 Å². The Bertz CT molecular complexity index is 527. The van der Waals surface area contributed by atoms with Crippen LogP contribution in [0.3, 0.4) is 0 Å². The second kappa shape index (κ2) is 5.83. The third-order valence-electron chi connectivity index (χ3n) is 4.05. The van der Waals surface area contributed by atoms with E-state index >= 15 is 0 Å². The Balaban J connectivity index is 2.64. The number of carbonyl (C=O) groups is 1. The standard InChI is InChI=1S/C14H20Cl2N4O/c1-9(17)12(21)14(18)13(16,10-5-3-2-4-6-10)11(15)7-8-20(14)19/h2-6,9,11H,7-8,17-19H2,1H3/t9-,11?,13?,14?/m0/s1. The third-order valence-corrected chi connectivity index (χ3v) is 5.47. The predicted molar refractivity (Wildman–Crippen MR) is 84.7 cm³/mol. The molecule has 2 rings (SSSR count). The fourth-order valence-electron chi connectivity index (χ4n) is 2.82. The van der Waals surface area contributed by atoms with Gasteiger partial charge in [0.1, 0.15) is 4.87 Å². The first-order valence-electron chi connectivity index (χ1n) is 6.75. The summed E-state index contributed by atoms with van der Waals surface area (Å²) in [6.45, 7) is 1.93. The Morgan fingerprint density at radius 2 is 2.00 bits per heavy atom. The highest BCUT2D eigenvalue weighted by Gasteiger charge is 2.63. The van der Waals surface area contributed by atoms with Crippen molar-refractivity contribution in [1.82, 2.24) is 5.01 Å². The number of ketones is 1. The molecule has 116 valence electrons. The maximum Gasteiger partial charge on any atom is 0.187 e. The van der Waals surface area contributed by atoms with E-state index in [1.807, 2.05) is 18.2 Å². The number of hydrogen-bond acceptors (Lipinski definition) is 5. The van der Waals surface area contributed by atoms with Crippen LogP contribution in [-0.4, -0.2) is 34.4 Å². The first kappa shape index (κ1) is 16.7. The molecule has 21 heavy (non-hydrogen) atoms. The molecule has 0 saturated carbocycles. The molecular formula is C14H20Cl2N4O. The molecule has 1 aromatic carbocycles. The number of nitrogens with zero attached hydrogens (tertiary/aromatic N) is 1. The second-order valence-corrected chi connectivity index (χ2v) is 6.57. The van der Waals surface area contributed by atoms with Crippen LogP contribution in [0.5, 0.6) is 0 Å². The molecule has 0 spiro atoms. The van der Waals surface area contributed by atoms with E-state index in [0.717, 1.165) is 0 Å². The number of nitrogens with two attached hydrogens (primary N) is 3. The lowest BCUT2D eigenvalue weighted by Gasteiger charge is -2.54. The van der Waals surface area contributed by atoms with Crippen molar-refractivity contribution in [2.45, 2.75) is 35.3 Å². The van der Waals surface area contributed by atoms with Gasteiger partial charge in [-0.25, -0.2) is 5.01 Å². The number of piperidine rings is 1. The first-order chi connectivity index (χ1) is 9.76. The lowest BCUT2D eigenvalue weighted by Crippen LogP contribution is -2.79. The van der Waals surface area contributed by atoms with E-state index < -0.39 is 27.7 Å². The van der Waals surface area contributed by atoms with E-state index in [4.69, 9.17) is 40.5 Å². The Hall–Kier alpha value is -0.690. The molecule has 0 bridgehead atoms. The first-order valence-corrected chi connectivity index (χ1v) is 7.57. The maximum absolute atomic E-state index is 12.6. The smallest absolute Gasteiger partial charge is 0.187 e. The molecule has 1 fully saturated rings. The monoisotopic (exact) mass is 330 g/mol. The van der Waals surface area contributed by atoms with Gasteiger partial charge in [-0.15, -0.1) is 23.2 Å².